The maximum atomic E-state index is 8.44. The van der Waals surface area contributed by atoms with Crippen LogP contribution in [-0.2, 0) is 0 Å². The predicted octanol–water partition coefficient (Wildman–Crippen LogP) is 0.370. The van der Waals surface area contributed by atoms with Gasteiger partial charge in [0.15, 0.2) is 0 Å². The maximum absolute atomic E-state index is 8.44. The van der Waals surface area contributed by atoms with Crippen molar-refractivity contribution in [3.63, 3.8) is 0 Å². The van der Waals surface area contributed by atoms with Gasteiger partial charge in [-0.15, -0.1) is 0 Å². The fourth-order valence-electron chi connectivity index (χ4n) is 0.863. The average molecular weight is 150 g/mol. The van der Waals surface area contributed by atoms with Crippen molar-refractivity contribution in [2.24, 2.45) is 0 Å². The van der Waals surface area contributed by atoms with Crippen LogP contribution in [0.25, 0.3) is 0 Å². The normalized spacial score (nSPS) is 9.00. The van der Waals surface area contributed by atoms with Crippen LogP contribution in [-0.4, -0.2) is 21.9 Å². The first-order valence-corrected chi connectivity index (χ1v) is 3.37. The minimum absolute atomic E-state index is 0.107. The second-order valence-corrected chi connectivity index (χ2v) is 2.27. The van der Waals surface area contributed by atoms with Crippen LogP contribution >= 0.6 is 0 Å². The van der Waals surface area contributed by atoms with E-state index in [2.05, 4.69) is 22.0 Å². The molecule has 0 fully saturated rings. The third-order valence-electron chi connectivity index (χ3n) is 1.42. The van der Waals surface area contributed by atoms with Crippen molar-refractivity contribution < 1.29 is 5.11 Å². The van der Waals surface area contributed by atoms with E-state index >= 15 is 0 Å². The molecule has 0 aromatic carbocycles. The van der Waals surface area contributed by atoms with Crippen LogP contribution in [0.1, 0.15) is 17.0 Å². The fraction of sp³-hybridized carbons (Fsp3) is 0.375. The lowest BCUT2D eigenvalue weighted by molar-refractivity contribution is 0.350. The zero-order valence-electron chi connectivity index (χ0n) is 6.60. The van der Waals surface area contributed by atoms with Gasteiger partial charge in [-0.3, -0.25) is 5.10 Å². The largest absolute Gasteiger partial charge is 0.384 e. The van der Waals surface area contributed by atoms with Gasteiger partial charge in [0.05, 0.1) is 11.3 Å². The van der Waals surface area contributed by atoms with Crippen molar-refractivity contribution >= 4 is 0 Å². The van der Waals surface area contributed by atoms with Gasteiger partial charge in [-0.05, 0) is 13.8 Å². The number of aliphatic hydroxyl groups excluding tert-OH is 1. The number of rotatable bonds is 0. The summed E-state index contributed by atoms with van der Waals surface area (Å²) < 4.78 is 0. The summed E-state index contributed by atoms with van der Waals surface area (Å²) in [7, 11) is 0. The number of hydrogen-bond donors (Lipinski definition) is 2. The first-order valence-electron chi connectivity index (χ1n) is 3.37. The monoisotopic (exact) mass is 150 g/mol. The Bertz CT molecular complexity index is 284. The van der Waals surface area contributed by atoms with Gasteiger partial charge in [0.2, 0.25) is 0 Å². The topological polar surface area (TPSA) is 48.9 Å². The van der Waals surface area contributed by atoms with Crippen LogP contribution in [0.15, 0.2) is 0 Å². The Balaban J connectivity index is 3.01. The van der Waals surface area contributed by atoms with Crippen molar-refractivity contribution in [3.05, 3.63) is 17.0 Å². The van der Waals surface area contributed by atoms with Crippen molar-refractivity contribution in [1.29, 1.82) is 0 Å². The first-order chi connectivity index (χ1) is 5.25. The Morgan fingerprint density at radius 1 is 1.55 bits per heavy atom. The standard InChI is InChI=1S/C8H10N2O/c1-6-8(4-3-5-11)7(2)10-9-6/h11H,5H2,1-2H3,(H,9,10). The zero-order chi connectivity index (χ0) is 8.27. The summed E-state index contributed by atoms with van der Waals surface area (Å²) in [4.78, 5) is 0. The number of aromatic nitrogens is 2. The summed E-state index contributed by atoms with van der Waals surface area (Å²) in [5, 5.41) is 15.2. The van der Waals surface area contributed by atoms with Crippen molar-refractivity contribution in [3.8, 4) is 11.8 Å². The number of hydrogen-bond acceptors (Lipinski definition) is 2. The lowest BCUT2D eigenvalue weighted by atomic mass is 10.2. The van der Waals surface area contributed by atoms with Gasteiger partial charge in [-0.2, -0.15) is 5.10 Å². The van der Waals surface area contributed by atoms with E-state index in [1.807, 2.05) is 13.8 Å². The molecule has 1 aromatic rings. The average Bonchev–Trinajstić information content (AvgIpc) is 2.29. The van der Waals surface area contributed by atoms with E-state index in [0.29, 0.717) is 0 Å². The molecule has 2 N–H and O–H groups in total. The molecule has 11 heavy (non-hydrogen) atoms. The molecule has 3 nitrogen and oxygen atoms in total. The summed E-state index contributed by atoms with van der Waals surface area (Å²) in [6.45, 7) is 3.68. The first kappa shape index (κ1) is 7.83. The summed E-state index contributed by atoms with van der Waals surface area (Å²) >= 11 is 0. The smallest absolute Gasteiger partial charge is 0.104 e. The van der Waals surface area contributed by atoms with Crippen LogP contribution in [0.5, 0.6) is 0 Å². The van der Waals surface area contributed by atoms with Crippen molar-refractivity contribution in [2.75, 3.05) is 6.61 Å². The van der Waals surface area contributed by atoms with Crippen LogP contribution < -0.4 is 0 Å². The molecule has 0 unspecified atom stereocenters. The Morgan fingerprint density at radius 2 is 2.27 bits per heavy atom. The molecule has 0 spiro atoms. The Morgan fingerprint density at radius 3 is 2.73 bits per heavy atom. The van der Waals surface area contributed by atoms with E-state index in [1.54, 1.807) is 0 Å². The molecule has 58 valence electrons. The van der Waals surface area contributed by atoms with E-state index in [-0.39, 0.29) is 6.61 Å². The molecule has 0 radical (unpaired) electrons. The van der Waals surface area contributed by atoms with Crippen LogP contribution in [0.3, 0.4) is 0 Å². The summed E-state index contributed by atoms with van der Waals surface area (Å²) in [5.41, 5.74) is 2.71. The molecular weight excluding hydrogens is 140 g/mol. The third kappa shape index (κ3) is 1.60. The van der Waals surface area contributed by atoms with Gasteiger partial charge in [-0.25, -0.2) is 0 Å². The number of nitrogens with zero attached hydrogens (tertiary/aromatic N) is 1. The lowest BCUT2D eigenvalue weighted by Gasteiger charge is -1.85. The van der Waals surface area contributed by atoms with E-state index in [1.165, 1.54) is 0 Å². The highest BCUT2D eigenvalue weighted by molar-refractivity contribution is 5.40. The highest BCUT2D eigenvalue weighted by Crippen LogP contribution is 2.05. The summed E-state index contributed by atoms with van der Waals surface area (Å²) in [6.07, 6.45) is 0. The third-order valence-corrected chi connectivity index (χ3v) is 1.42. The Labute approximate surface area is 65.4 Å². The molecule has 0 aliphatic carbocycles. The zero-order valence-corrected chi connectivity index (χ0v) is 6.60. The SMILES string of the molecule is Cc1n[nH]c(C)c1C#CCO. The second-order valence-electron chi connectivity index (χ2n) is 2.27. The molecule has 0 bridgehead atoms. The Hall–Kier alpha value is -1.27. The number of aromatic amines is 1. The van der Waals surface area contributed by atoms with Crippen LogP contribution in [0.4, 0.5) is 0 Å². The van der Waals surface area contributed by atoms with E-state index in [4.69, 9.17) is 5.11 Å². The number of aliphatic hydroxyl groups is 1. The molecular formula is C8H10N2O. The fourth-order valence-corrected chi connectivity index (χ4v) is 0.863. The van der Waals surface area contributed by atoms with Crippen LogP contribution in [0.2, 0.25) is 0 Å². The lowest BCUT2D eigenvalue weighted by Crippen LogP contribution is -1.80. The van der Waals surface area contributed by atoms with Gasteiger partial charge in [0.25, 0.3) is 0 Å². The molecule has 0 saturated carbocycles. The molecule has 1 aromatic heterocycles. The van der Waals surface area contributed by atoms with Gasteiger partial charge < -0.3 is 5.11 Å². The molecule has 0 aliphatic heterocycles. The molecule has 0 saturated heterocycles. The van der Waals surface area contributed by atoms with Crippen LogP contribution in [0, 0.1) is 25.7 Å². The molecule has 0 atom stereocenters. The summed E-state index contributed by atoms with van der Waals surface area (Å²) in [5.74, 6) is 5.40. The minimum atomic E-state index is -0.107. The molecule has 1 rings (SSSR count). The molecule has 0 amide bonds. The van der Waals surface area contributed by atoms with Gasteiger partial charge >= 0.3 is 0 Å². The van der Waals surface area contributed by atoms with Crippen molar-refractivity contribution in [2.45, 2.75) is 13.8 Å². The quantitative estimate of drug-likeness (QED) is 0.525. The van der Waals surface area contributed by atoms with E-state index in [9.17, 15) is 0 Å². The molecule has 0 aliphatic rings. The van der Waals surface area contributed by atoms with Gasteiger partial charge in [0, 0.05) is 5.69 Å². The number of nitrogens with one attached hydrogen (secondary N) is 1. The predicted molar refractivity (Wildman–Crippen MR) is 42.0 cm³/mol. The molecule has 3 heteroatoms. The minimum Gasteiger partial charge on any atom is -0.384 e. The Kier molecular flexibility index (Phi) is 2.29. The van der Waals surface area contributed by atoms with Gasteiger partial charge in [-0.1, -0.05) is 11.8 Å². The van der Waals surface area contributed by atoms with Gasteiger partial charge in [0.1, 0.15) is 6.61 Å². The highest BCUT2D eigenvalue weighted by atomic mass is 16.2. The van der Waals surface area contributed by atoms with Crippen molar-refractivity contribution in [1.82, 2.24) is 10.2 Å². The maximum Gasteiger partial charge on any atom is 0.104 e. The number of aryl methyl sites for hydroxylation is 2. The summed E-state index contributed by atoms with van der Waals surface area (Å²) in [6, 6.07) is 0. The number of H-pyrrole nitrogens is 1. The van der Waals surface area contributed by atoms with E-state index < -0.39 is 0 Å². The second kappa shape index (κ2) is 3.22. The molecule has 1 heterocycles. The highest BCUT2D eigenvalue weighted by Gasteiger charge is 2.00. The van der Waals surface area contributed by atoms with E-state index in [0.717, 1.165) is 17.0 Å².